The molecule has 11 heteroatoms. The summed E-state index contributed by atoms with van der Waals surface area (Å²) < 4.78 is 26.1. The lowest BCUT2D eigenvalue weighted by molar-refractivity contribution is 0.102. The molecule has 0 saturated heterocycles. The first kappa shape index (κ1) is 19.2. The summed E-state index contributed by atoms with van der Waals surface area (Å²) in [5.74, 6) is -2.40. The van der Waals surface area contributed by atoms with Crippen LogP contribution in [0.25, 0.3) is 11.1 Å². The van der Waals surface area contributed by atoms with E-state index in [1.807, 2.05) is 0 Å². The lowest BCUT2D eigenvalue weighted by Crippen LogP contribution is -2.28. The van der Waals surface area contributed by atoms with Crippen molar-refractivity contribution < 1.29 is 18.3 Å². The fraction of sp³-hybridized carbons (Fsp3) is 0.125. The number of ketones is 1. The van der Waals surface area contributed by atoms with E-state index in [1.54, 1.807) is 30.3 Å². The van der Waals surface area contributed by atoms with Gasteiger partial charge in [-0.25, -0.2) is 13.4 Å². The van der Waals surface area contributed by atoms with Gasteiger partial charge in [0.25, 0.3) is 5.56 Å². The van der Waals surface area contributed by atoms with Gasteiger partial charge in [-0.05, 0) is 5.56 Å². The van der Waals surface area contributed by atoms with Gasteiger partial charge in [-0.3, -0.25) is 14.2 Å². The molecule has 3 rings (SSSR count). The second-order valence-electron chi connectivity index (χ2n) is 5.48. The third-order valence-corrected chi connectivity index (χ3v) is 6.36. The van der Waals surface area contributed by atoms with E-state index in [4.69, 9.17) is 11.6 Å². The number of nitrogens with zero attached hydrogens (tertiary/aromatic N) is 3. The van der Waals surface area contributed by atoms with Crippen molar-refractivity contribution in [3.63, 3.8) is 0 Å². The fourth-order valence-corrected chi connectivity index (χ4v) is 4.72. The van der Waals surface area contributed by atoms with Crippen molar-refractivity contribution in [3.8, 4) is 17.0 Å². The highest BCUT2D eigenvalue weighted by Gasteiger charge is 2.28. The molecule has 1 aromatic carbocycles. The predicted octanol–water partition coefficient (Wildman–Crippen LogP) is 1.92. The van der Waals surface area contributed by atoms with E-state index in [2.05, 4.69) is 9.97 Å². The predicted molar refractivity (Wildman–Crippen MR) is 100 cm³/mol. The Labute approximate surface area is 162 Å². The van der Waals surface area contributed by atoms with Crippen molar-refractivity contribution in [2.24, 2.45) is 7.05 Å². The molecule has 0 atom stereocenters. The zero-order valence-electron chi connectivity index (χ0n) is 13.8. The maximum atomic E-state index is 12.6. The van der Waals surface area contributed by atoms with Gasteiger partial charge in [-0.15, -0.1) is 0 Å². The maximum Gasteiger partial charge on any atom is 0.265 e. The van der Waals surface area contributed by atoms with Crippen LogP contribution in [0.2, 0.25) is 4.47 Å². The zero-order chi connectivity index (χ0) is 19.8. The summed E-state index contributed by atoms with van der Waals surface area (Å²) in [5.41, 5.74) is -0.486. The number of carbonyl (C=O) groups is 1. The van der Waals surface area contributed by atoms with Crippen LogP contribution in [-0.4, -0.2) is 39.6 Å². The van der Waals surface area contributed by atoms with Crippen molar-refractivity contribution in [2.75, 3.05) is 5.75 Å². The highest BCUT2D eigenvalue weighted by molar-refractivity contribution is 7.92. The van der Waals surface area contributed by atoms with Gasteiger partial charge in [0.2, 0.25) is 20.9 Å². The van der Waals surface area contributed by atoms with Gasteiger partial charge >= 0.3 is 0 Å². The molecule has 0 amide bonds. The molecule has 0 aliphatic heterocycles. The maximum absolute atomic E-state index is 12.6. The van der Waals surface area contributed by atoms with E-state index in [0.717, 1.165) is 15.9 Å². The minimum absolute atomic E-state index is 0.0682. The normalized spacial score (nSPS) is 11.5. The number of hydrogen-bond donors (Lipinski definition) is 1. The monoisotopic (exact) mass is 425 g/mol. The molecule has 0 radical (unpaired) electrons. The van der Waals surface area contributed by atoms with Crippen LogP contribution < -0.4 is 5.56 Å². The van der Waals surface area contributed by atoms with Crippen molar-refractivity contribution in [1.82, 2.24) is 14.5 Å². The largest absolute Gasteiger partial charge is 0.493 e. The number of carbonyl (C=O) groups excluding carboxylic acids is 1. The van der Waals surface area contributed by atoms with Crippen LogP contribution in [0.15, 0.2) is 46.5 Å². The molecule has 0 bridgehead atoms. The highest BCUT2D eigenvalue weighted by Crippen LogP contribution is 2.25. The number of Topliss-reactive ketones (excluding diaryl/α,β-unsaturated/α-hetero) is 1. The van der Waals surface area contributed by atoms with Crippen LogP contribution in [0.4, 0.5) is 0 Å². The quantitative estimate of drug-likeness (QED) is 0.489. The number of aromatic nitrogens is 3. The first-order valence-corrected chi connectivity index (χ1v) is 10.3. The Hall–Kier alpha value is -2.56. The Bertz CT molecular complexity index is 1190. The van der Waals surface area contributed by atoms with Gasteiger partial charge < -0.3 is 5.11 Å². The molecule has 2 aromatic heterocycles. The van der Waals surface area contributed by atoms with Crippen LogP contribution in [-0.2, 0) is 16.9 Å². The molecular formula is C16H12ClN3O5S2. The fourth-order valence-electron chi connectivity index (χ4n) is 2.40. The molecule has 2 heterocycles. The summed E-state index contributed by atoms with van der Waals surface area (Å²) in [5, 5.41) is 9.47. The minimum atomic E-state index is -4.29. The van der Waals surface area contributed by atoms with Crippen LogP contribution >= 0.6 is 22.9 Å². The second-order valence-corrected chi connectivity index (χ2v) is 8.98. The van der Waals surface area contributed by atoms with E-state index < -0.39 is 38.0 Å². The van der Waals surface area contributed by atoms with E-state index in [1.165, 1.54) is 13.2 Å². The van der Waals surface area contributed by atoms with E-state index in [0.29, 0.717) is 5.56 Å². The molecule has 1 N–H and O–H groups in total. The molecule has 0 fully saturated rings. The summed E-state index contributed by atoms with van der Waals surface area (Å²) in [6.07, 6.45) is 1.17. The number of rotatable bonds is 5. The Kier molecular flexibility index (Phi) is 5.13. The summed E-state index contributed by atoms with van der Waals surface area (Å²) in [6.45, 7) is 0. The topological polar surface area (TPSA) is 119 Å². The van der Waals surface area contributed by atoms with Crippen LogP contribution in [0, 0.1) is 0 Å². The summed E-state index contributed by atoms with van der Waals surface area (Å²) >= 11 is 6.49. The summed E-state index contributed by atoms with van der Waals surface area (Å²) in [7, 11) is -3.08. The number of thiazole rings is 1. The Balaban J connectivity index is 2.04. The molecule has 140 valence electrons. The summed E-state index contributed by atoms with van der Waals surface area (Å²) in [4.78, 5) is 32.2. The van der Waals surface area contributed by atoms with Gasteiger partial charge in [-0.2, -0.15) is 4.98 Å². The molecular weight excluding hydrogens is 414 g/mol. The lowest BCUT2D eigenvalue weighted by Gasteiger charge is -2.11. The molecule has 0 spiro atoms. The zero-order valence-corrected chi connectivity index (χ0v) is 16.2. The van der Waals surface area contributed by atoms with Gasteiger partial charge in [0.15, 0.2) is 10.3 Å². The molecule has 0 unspecified atom stereocenters. The third kappa shape index (κ3) is 3.77. The minimum Gasteiger partial charge on any atom is -0.493 e. The van der Waals surface area contributed by atoms with Crippen LogP contribution in [0.3, 0.4) is 0 Å². The van der Waals surface area contributed by atoms with E-state index in [9.17, 15) is 23.1 Å². The van der Waals surface area contributed by atoms with Crippen molar-refractivity contribution >= 4 is 38.6 Å². The number of benzene rings is 1. The molecule has 3 aromatic rings. The Morgan fingerprint density at radius 3 is 2.56 bits per heavy atom. The standard InChI is InChI=1S/C16H12ClN3O5S2/c1-20-14(23)12(9-5-3-2-4-6-9)13(22)19-16(20)27(24,25)8-10(21)11-7-18-15(17)26-11/h2-7,22H,8H2,1H3. The SMILES string of the molecule is Cn1c(S(=O)(=O)CC(=O)c2cnc(Cl)s2)nc(O)c(-c2ccccc2)c1=O. The average Bonchev–Trinajstić information content (AvgIpc) is 3.05. The Morgan fingerprint density at radius 2 is 1.96 bits per heavy atom. The Morgan fingerprint density at radius 1 is 1.30 bits per heavy atom. The second kappa shape index (κ2) is 7.22. The number of aromatic hydroxyl groups is 1. The van der Waals surface area contributed by atoms with Gasteiger partial charge in [0.05, 0.1) is 11.1 Å². The van der Waals surface area contributed by atoms with Gasteiger partial charge in [0.1, 0.15) is 11.3 Å². The number of halogens is 1. The van der Waals surface area contributed by atoms with Crippen molar-refractivity contribution in [2.45, 2.75) is 5.16 Å². The van der Waals surface area contributed by atoms with Crippen molar-refractivity contribution in [1.29, 1.82) is 0 Å². The first-order valence-electron chi connectivity index (χ1n) is 7.43. The lowest BCUT2D eigenvalue weighted by atomic mass is 10.1. The van der Waals surface area contributed by atoms with Crippen molar-refractivity contribution in [3.05, 3.63) is 56.2 Å². The smallest absolute Gasteiger partial charge is 0.265 e. The molecule has 8 nitrogen and oxygen atoms in total. The highest BCUT2D eigenvalue weighted by atomic mass is 35.5. The number of sulfone groups is 1. The molecule has 0 aliphatic carbocycles. The van der Waals surface area contributed by atoms with Crippen LogP contribution in [0.5, 0.6) is 5.88 Å². The molecule has 0 aliphatic rings. The van der Waals surface area contributed by atoms with Crippen LogP contribution in [0.1, 0.15) is 9.67 Å². The van der Waals surface area contributed by atoms with E-state index in [-0.39, 0.29) is 14.9 Å². The molecule has 0 saturated carbocycles. The van der Waals surface area contributed by atoms with Gasteiger partial charge in [-0.1, -0.05) is 53.3 Å². The number of hydrogen-bond acceptors (Lipinski definition) is 8. The van der Waals surface area contributed by atoms with E-state index >= 15 is 0 Å². The third-order valence-electron chi connectivity index (χ3n) is 3.64. The average molecular weight is 426 g/mol. The van der Waals surface area contributed by atoms with Gasteiger partial charge in [0, 0.05) is 7.05 Å². The first-order chi connectivity index (χ1) is 12.7. The summed E-state index contributed by atoms with van der Waals surface area (Å²) in [6, 6.07) is 8.23. The molecule has 27 heavy (non-hydrogen) atoms.